The van der Waals surface area contributed by atoms with Gasteiger partial charge in [-0.25, -0.2) is 0 Å². The molecule has 1 aromatic heterocycles. The Hall–Kier alpha value is -0.870. The molecule has 2 rings (SSSR count). The molecule has 5 heteroatoms. The van der Waals surface area contributed by atoms with Crippen molar-refractivity contribution in [3.8, 4) is 0 Å². The first-order valence-corrected chi connectivity index (χ1v) is 7.33. The van der Waals surface area contributed by atoms with Gasteiger partial charge in [0.15, 0.2) is 0 Å². The van der Waals surface area contributed by atoms with Crippen LogP contribution in [0.4, 0.5) is 0 Å². The number of hydrogen-bond acceptors (Lipinski definition) is 3. The van der Waals surface area contributed by atoms with Gasteiger partial charge in [-0.15, -0.1) is 0 Å². The largest absolute Gasteiger partial charge is 0.300 e. The van der Waals surface area contributed by atoms with Crippen molar-refractivity contribution in [3.05, 3.63) is 16.4 Å². The summed E-state index contributed by atoms with van der Waals surface area (Å²) in [5.41, 5.74) is 2.05. The summed E-state index contributed by atoms with van der Waals surface area (Å²) in [6.07, 6.45) is 2.79. The Bertz CT molecular complexity index is 462. The number of carbonyl (C=O) groups excluding carboxylic acids is 1. The second-order valence-corrected chi connectivity index (χ2v) is 5.72. The standard InChI is InChI=1S/C14H22ClN3O/c1-4-12-14(15)13(17(3)16-12)9-18-7-5-11(6-8-18)10(2)19/h11H,4-9H2,1-3H3. The van der Waals surface area contributed by atoms with E-state index in [0.717, 1.165) is 55.3 Å². The summed E-state index contributed by atoms with van der Waals surface area (Å²) < 4.78 is 1.89. The molecular formula is C14H22ClN3O. The van der Waals surface area contributed by atoms with E-state index in [1.807, 2.05) is 11.7 Å². The lowest BCUT2D eigenvalue weighted by Crippen LogP contribution is -2.35. The Morgan fingerprint density at radius 3 is 2.53 bits per heavy atom. The number of rotatable bonds is 4. The van der Waals surface area contributed by atoms with E-state index in [4.69, 9.17) is 11.6 Å². The minimum Gasteiger partial charge on any atom is -0.300 e. The molecule has 0 atom stereocenters. The molecule has 19 heavy (non-hydrogen) atoms. The summed E-state index contributed by atoms with van der Waals surface area (Å²) in [7, 11) is 1.95. The summed E-state index contributed by atoms with van der Waals surface area (Å²) >= 11 is 6.36. The zero-order valence-corrected chi connectivity index (χ0v) is 12.7. The van der Waals surface area contributed by atoms with Crippen LogP contribution in [0.25, 0.3) is 0 Å². The topological polar surface area (TPSA) is 38.1 Å². The number of halogens is 1. The van der Waals surface area contributed by atoms with E-state index in [9.17, 15) is 4.79 Å². The quantitative estimate of drug-likeness (QED) is 0.852. The molecule has 0 spiro atoms. The van der Waals surface area contributed by atoms with Crippen molar-refractivity contribution in [2.75, 3.05) is 13.1 Å². The third-order valence-electron chi connectivity index (χ3n) is 4.04. The molecule has 4 nitrogen and oxygen atoms in total. The minimum absolute atomic E-state index is 0.254. The Kier molecular flexibility index (Phi) is 4.63. The normalized spacial score (nSPS) is 17.9. The molecule has 1 aliphatic heterocycles. The Balaban J connectivity index is 1.99. The Morgan fingerprint density at radius 2 is 2.05 bits per heavy atom. The highest BCUT2D eigenvalue weighted by molar-refractivity contribution is 6.31. The van der Waals surface area contributed by atoms with Crippen LogP contribution in [0.5, 0.6) is 0 Å². The summed E-state index contributed by atoms with van der Waals surface area (Å²) in [6.45, 7) is 6.52. The Morgan fingerprint density at radius 1 is 1.42 bits per heavy atom. The van der Waals surface area contributed by atoms with Crippen LogP contribution >= 0.6 is 11.6 Å². The van der Waals surface area contributed by atoms with Gasteiger partial charge < -0.3 is 0 Å². The lowest BCUT2D eigenvalue weighted by Gasteiger charge is -2.30. The van der Waals surface area contributed by atoms with E-state index in [1.165, 1.54) is 0 Å². The smallest absolute Gasteiger partial charge is 0.133 e. The van der Waals surface area contributed by atoms with Crippen LogP contribution in [0.1, 0.15) is 38.1 Å². The fourth-order valence-electron chi connectivity index (χ4n) is 2.70. The Labute approximate surface area is 119 Å². The maximum Gasteiger partial charge on any atom is 0.133 e. The summed E-state index contributed by atoms with van der Waals surface area (Å²) in [4.78, 5) is 13.7. The second kappa shape index (κ2) is 6.06. The average molecular weight is 284 g/mol. The van der Waals surface area contributed by atoms with Crippen molar-refractivity contribution >= 4 is 17.4 Å². The highest BCUT2D eigenvalue weighted by atomic mass is 35.5. The van der Waals surface area contributed by atoms with Crippen molar-refractivity contribution in [1.82, 2.24) is 14.7 Å². The molecule has 1 fully saturated rings. The predicted octanol–water partition coefficient (Wildman–Crippen LogP) is 2.44. The lowest BCUT2D eigenvalue weighted by molar-refractivity contribution is -0.122. The van der Waals surface area contributed by atoms with Crippen molar-refractivity contribution in [3.63, 3.8) is 0 Å². The molecule has 0 unspecified atom stereocenters. The first-order valence-electron chi connectivity index (χ1n) is 6.96. The highest BCUT2D eigenvalue weighted by Crippen LogP contribution is 2.25. The van der Waals surface area contributed by atoms with Gasteiger partial charge >= 0.3 is 0 Å². The number of aryl methyl sites for hydroxylation is 2. The third-order valence-corrected chi connectivity index (χ3v) is 4.48. The third kappa shape index (κ3) is 3.18. The molecule has 1 saturated heterocycles. The zero-order chi connectivity index (χ0) is 14.0. The van der Waals surface area contributed by atoms with Crippen LogP contribution in [0.2, 0.25) is 5.02 Å². The van der Waals surface area contributed by atoms with Crippen molar-refractivity contribution in [1.29, 1.82) is 0 Å². The minimum atomic E-state index is 0.254. The van der Waals surface area contributed by atoms with E-state index in [0.29, 0.717) is 5.78 Å². The predicted molar refractivity (Wildman–Crippen MR) is 76.3 cm³/mol. The molecule has 1 aromatic rings. The van der Waals surface area contributed by atoms with E-state index in [-0.39, 0.29) is 5.92 Å². The lowest BCUT2D eigenvalue weighted by atomic mass is 9.93. The molecule has 0 aromatic carbocycles. The maximum absolute atomic E-state index is 11.4. The van der Waals surface area contributed by atoms with Crippen LogP contribution in [-0.4, -0.2) is 33.6 Å². The first-order chi connectivity index (χ1) is 9.02. The molecular weight excluding hydrogens is 262 g/mol. The summed E-state index contributed by atoms with van der Waals surface area (Å²) in [5, 5.41) is 5.25. The number of nitrogens with zero attached hydrogens (tertiary/aromatic N) is 3. The van der Waals surface area contributed by atoms with E-state index in [2.05, 4.69) is 16.9 Å². The number of Topliss-reactive ketones (excluding diaryl/α,β-unsaturated/α-hetero) is 1. The number of hydrogen-bond donors (Lipinski definition) is 0. The molecule has 106 valence electrons. The van der Waals surface area contributed by atoms with E-state index < -0.39 is 0 Å². The molecule has 0 aliphatic carbocycles. The summed E-state index contributed by atoms with van der Waals surface area (Å²) in [5.74, 6) is 0.580. The molecule has 0 amide bonds. The van der Waals surface area contributed by atoms with Crippen LogP contribution in [0.15, 0.2) is 0 Å². The van der Waals surface area contributed by atoms with Crippen molar-refractivity contribution in [2.24, 2.45) is 13.0 Å². The fraction of sp³-hybridized carbons (Fsp3) is 0.714. The van der Waals surface area contributed by atoms with Gasteiger partial charge in [-0.1, -0.05) is 18.5 Å². The van der Waals surface area contributed by atoms with Gasteiger partial charge in [-0.2, -0.15) is 5.10 Å². The second-order valence-electron chi connectivity index (χ2n) is 5.35. The molecule has 0 radical (unpaired) electrons. The molecule has 0 saturated carbocycles. The van der Waals surface area contributed by atoms with Gasteiger partial charge in [0.2, 0.25) is 0 Å². The molecule has 0 bridgehead atoms. The number of ketones is 1. The highest BCUT2D eigenvalue weighted by Gasteiger charge is 2.24. The molecule has 1 aliphatic rings. The maximum atomic E-state index is 11.4. The monoisotopic (exact) mass is 283 g/mol. The number of aromatic nitrogens is 2. The fourth-order valence-corrected chi connectivity index (χ4v) is 3.05. The van der Waals surface area contributed by atoms with E-state index >= 15 is 0 Å². The first kappa shape index (κ1) is 14.5. The zero-order valence-electron chi connectivity index (χ0n) is 11.9. The average Bonchev–Trinajstić information content (AvgIpc) is 2.67. The van der Waals surface area contributed by atoms with Gasteiger partial charge in [-0.05, 0) is 39.3 Å². The number of likely N-dealkylation sites (tertiary alicyclic amines) is 1. The van der Waals surface area contributed by atoms with Gasteiger partial charge in [0.05, 0.1) is 16.4 Å². The van der Waals surface area contributed by atoms with Crippen LogP contribution in [0.3, 0.4) is 0 Å². The summed E-state index contributed by atoms with van der Waals surface area (Å²) in [6, 6.07) is 0. The SMILES string of the molecule is CCc1nn(C)c(CN2CCC(C(C)=O)CC2)c1Cl. The van der Waals surface area contributed by atoms with Gasteiger partial charge in [0, 0.05) is 19.5 Å². The van der Waals surface area contributed by atoms with Crippen LogP contribution < -0.4 is 0 Å². The van der Waals surface area contributed by atoms with Gasteiger partial charge in [-0.3, -0.25) is 14.4 Å². The van der Waals surface area contributed by atoms with Crippen LogP contribution in [-0.2, 0) is 24.8 Å². The number of carbonyl (C=O) groups is 1. The molecule has 2 heterocycles. The van der Waals surface area contributed by atoms with E-state index in [1.54, 1.807) is 6.92 Å². The van der Waals surface area contributed by atoms with Crippen molar-refractivity contribution < 1.29 is 4.79 Å². The van der Waals surface area contributed by atoms with Crippen molar-refractivity contribution in [2.45, 2.75) is 39.7 Å². The molecule has 0 N–H and O–H groups in total. The number of piperidine rings is 1. The van der Waals surface area contributed by atoms with Crippen LogP contribution in [0, 0.1) is 5.92 Å². The van der Waals surface area contributed by atoms with Gasteiger partial charge in [0.25, 0.3) is 0 Å². The van der Waals surface area contributed by atoms with Gasteiger partial charge in [0.1, 0.15) is 5.78 Å².